The predicted molar refractivity (Wildman–Crippen MR) is 165 cm³/mol. The molecule has 0 spiro atoms. The summed E-state index contributed by atoms with van der Waals surface area (Å²) in [4.78, 5) is 67.1. The average Bonchev–Trinajstić information content (AvgIpc) is 2.84. The Labute approximate surface area is 255 Å². The highest BCUT2D eigenvalue weighted by Crippen LogP contribution is 2.63. The summed E-state index contributed by atoms with van der Waals surface area (Å²) < 4.78 is 15.2. The Kier molecular flexibility index (Phi) is 6.24. The monoisotopic (exact) mass is 614 g/mol. The SMILES string of the molecule is CC(=O)c1c(C)c2cnc(C)nc2n(C23CC(C2)C3)c1=O.CC(=O)c1c(C)c2cnc(S(C)=O)nc2n(C23CC(C2)C3)c1=O. The van der Waals surface area contributed by atoms with Gasteiger partial charge in [0.25, 0.3) is 11.1 Å². The van der Waals surface area contributed by atoms with E-state index in [0.717, 1.165) is 49.8 Å². The first-order chi connectivity index (χ1) is 20.8. The van der Waals surface area contributed by atoms with Crippen molar-refractivity contribution in [3.8, 4) is 0 Å². The molecule has 4 heterocycles. The second kappa shape index (κ2) is 9.53. The molecular formula is C32H34N6O5S. The van der Waals surface area contributed by atoms with E-state index in [4.69, 9.17) is 0 Å². The molecule has 0 radical (unpaired) electrons. The van der Waals surface area contributed by atoms with Crippen LogP contribution in [-0.2, 0) is 21.9 Å². The van der Waals surface area contributed by atoms with Gasteiger partial charge in [0.2, 0.25) is 5.16 Å². The topological polar surface area (TPSA) is 147 Å². The van der Waals surface area contributed by atoms with E-state index in [1.165, 1.54) is 20.1 Å². The number of nitrogens with zero attached hydrogens (tertiary/aromatic N) is 6. The molecule has 6 fully saturated rings. The van der Waals surface area contributed by atoms with Crippen molar-refractivity contribution in [3.63, 3.8) is 0 Å². The number of rotatable bonds is 5. The molecule has 4 aromatic heterocycles. The van der Waals surface area contributed by atoms with Gasteiger partial charge in [0.1, 0.15) is 17.1 Å². The Bertz CT molecular complexity index is 2100. The lowest BCUT2D eigenvalue weighted by molar-refractivity contribution is -0.0886. The molecule has 6 saturated carbocycles. The van der Waals surface area contributed by atoms with E-state index in [2.05, 4.69) is 19.9 Å². The minimum atomic E-state index is -1.32. The van der Waals surface area contributed by atoms with Gasteiger partial charge in [-0.15, -0.1) is 0 Å². The molecular weight excluding hydrogens is 580 g/mol. The maximum atomic E-state index is 13.0. The fourth-order valence-electron chi connectivity index (χ4n) is 7.95. The molecule has 0 aromatic carbocycles. The van der Waals surface area contributed by atoms with Crippen LogP contribution in [0.4, 0.5) is 0 Å². The van der Waals surface area contributed by atoms with E-state index >= 15 is 0 Å². The summed E-state index contributed by atoms with van der Waals surface area (Å²) in [6.07, 6.45) is 10.8. The lowest BCUT2D eigenvalue weighted by atomic mass is 9.49. The van der Waals surface area contributed by atoms with Gasteiger partial charge in [-0.2, -0.15) is 0 Å². The number of carbonyl (C=O) groups excluding carboxylic acids is 2. The summed E-state index contributed by atoms with van der Waals surface area (Å²) in [5.41, 5.74) is 2.26. The maximum Gasteiger partial charge on any atom is 0.263 e. The van der Waals surface area contributed by atoms with Crippen LogP contribution in [-0.4, -0.2) is 51.1 Å². The third-order valence-electron chi connectivity index (χ3n) is 10.4. The van der Waals surface area contributed by atoms with Crippen LogP contribution in [0.5, 0.6) is 0 Å². The number of carbonyl (C=O) groups is 2. The maximum absolute atomic E-state index is 13.0. The molecule has 0 aliphatic heterocycles. The van der Waals surface area contributed by atoms with E-state index in [0.29, 0.717) is 45.1 Å². The zero-order valence-corrected chi connectivity index (χ0v) is 26.5. The Morgan fingerprint density at radius 1 is 0.750 bits per heavy atom. The number of aryl methyl sites for hydroxylation is 3. The van der Waals surface area contributed by atoms with E-state index in [1.807, 2.05) is 13.8 Å². The van der Waals surface area contributed by atoms with E-state index in [1.54, 1.807) is 28.5 Å². The highest BCUT2D eigenvalue weighted by Gasteiger charge is 2.60. The van der Waals surface area contributed by atoms with Gasteiger partial charge < -0.3 is 0 Å². The summed E-state index contributed by atoms with van der Waals surface area (Å²) in [7, 11) is -1.32. The third-order valence-corrected chi connectivity index (χ3v) is 11.1. The zero-order chi connectivity index (χ0) is 31.5. The molecule has 228 valence electrons. The van der Waals surface area contributed by atoms with Gasteiger partial charge in [0.05, 0.1) is 33.0 Å². The van der Waals surface area contributed by atoms with Crippen LogP contribution in [0.15, 0.2) is 27.1 Å². The van der Waals surface area contributed by atoms with Crippen LogP contribution >= 0.6 is 0 Å². The summed E-state index contributed by atoms with van der Waals surface area (Å²) in [5, 5.41) is 1.72. The Morgan fingerprint density at radius 2 is 1.16 bits per heavy atom. The number of aromatic nitrogens is 6. The highest BCUT2D eigenvalue weighted by molar-refractivity contribution is 7.84. The van der Waals surface area contributed by atoms with Crippen molar-refractivity contribution in [1.29, 1.82) is 0 Å². The molecule has 0 saturated heterocycles. The van der Waals surface area contributed by atoms with E-state index in [-0.39, 0.29) is 44.5 Å². The highest BCUT2D eigenvalue weighted by atomic mass is 32.2. The van der Waals surface area contributed by atoms with Crippen LogP contribution in [0.2, 0.25) is 0 Å². The van der Waals surface area contributed by atoms with Crippen LogP contribution in [0, 0.1) is 32.6 Å². The molecule has 0 N–H and O–H groups in total. The van der Waals surface area contributed by atoms with Crippen molar-refractivity contribution in [2.45, 2.75) is 89.4 Å². The van der Waals surface area contributed by atoms with Crippen molar-refractivity contribution in [2.75, 3.05) is 6.26 Å². The van der Waals surface area contributed by atoms with Gasteiger partial charge in [-0.05, 0) is 96.1 Å². The Balaban J connectivity index is 0.000000143. The lowest BCUT2D eigenvalue weighted by Gasteiger charge is -2.62. The number of ketones is 2. The van der Waals surface area contributed by atoms with Crippen LogP contribution in [0.1, 0.15) is 90.0 Å². The summed E-state index contributed by atoms with van der Waals surface area (Å²) in [5.74, 6) is 1.66. The first kappa shape index (κ1) is 28.8. The standard InChI is InChI=1S/C16H17N3O3S.C16H17N3O2/c1-8-11-7-17-15(23(3)22)18-13(11)19(14(21)12(8)9(2)20)16-4-10(5-16)6-16;1-8-12-7-17-10(3)18-14(12)19(15(21)13(8)9(2)20)16-4-11(5-16)6-16/h7,10H,4-6H2,1-3H3;7,11H,4-6H2,1-3H3. The fraction of sp³-hybridized carbons (Fsp3) is 0.500. The van der Waals surface area contributed by atoms with Gasteiger partial charge in [-0.25, -0.2) is 19.9 Å². The number of fused-ring (bicyclic) bond motifs is 2. The summed E-state index contributed by atoms with van der Waals surface area (Å²) >= 11 is 0. The molecule has 6 aliphatic carbocycles. The van der Waals surface area contributed by atoms with Crippen molar-refractivity contribution < 1.29 is 13.8 Å². The van der Waals surface area contributed by atoms with Crippen LogP contribution in [0.3, 0.4) is 0 Å². The molecule has 4 bridgehead atoms. The zero-order valence-electron chi connectivity index (χ0n) is 25.7. The molecule has 44 heavy (non-hydrogen) atoms. The van der Waals surface area contributed by atoms with E-state index in [9.17, 15) is 23.4 Å². The second-order valence-electron chi connectivity index (χ2n) is 13.3. The molecule has 11 nitrogen and oxygen atoms in total. The van der Waals surface area contributed by atoms with Crippen molar-refractivity contribution in [1.82, 2.24) is 29.1 Å². The minimum absolute atomic E-state index is 0.0985. The van der Waals surface area contributed by atoms with Crippen LogP contribution in [0.25, 0.3) is 22.1 Å². The minimum Gasteiger partial charge on any atom is -0.294 e. The molecule has 1 atom stereocenters. The molecule has 4 aromatic rings. The molecule has 6 aliphatic rings. The van der Waals surface area contributed by atoms with Gasteiger partial charge in [-0.1, -0.05) is 0 Å². The largest absolute Gasteiger partial charge is 0.294 e. The van der Waals surface area contributed by atoms with E-state index < -0.39 is 10.8 Å². The van der Waals surface area contributed by atoms with Crippen molar-refractivity contribution in [2.24, 2.45) is 11.8 Å². The van der Waals surface area contributed by atoms with Crippen LogP contribution < -0.4 is 11.1 Å². The number of Topliss-reactive ketones (excluding diaryl/α,β-unsaturated/α-hetero) is 2. The fourth-order valence-corrected chi connectivity index (χ4v) is 8.37. The quantitative estimate of drug-likeness (QED) is 0.243. The molecule has 10 rings (SSSR count). The third kappa shape index (κ3) is 3.88. The molecule has 1 unspecified atom stereocenters. The number of hydrogen-bond donors (Lipinski definition) is 0. The predicted octanol–water partition coefficient (Wildman–Crippen LogP) is 3.67. The summed E-state index contributed by atoms with van der Waals surface area (Å²) in [6, 6.07) is 0. The first-order valence-corrected chi connectivity index (χ1v) is 16.5. The van der Waals surface area contributed by atoms with Gasteiger partial charge in [0.15, 0.2) is 11.6 Å². The van der Waals surface area contributed by atoms with Gasteiger partial charge in [0, 0.05) is 29.4 Å². The van der Waals surface area contributed by atoms with Gasteiger partial charge in [-0.3, -0.25) is 32.5 Å². The normalized spacial score (nSPS) is 26.4. The Hall–Kier alpha value is -3.93. The average molecular weight is 615 g/mol. The number of pyridine rings is 2. The summed E-state index contributed by atoms with van der Waals surface area (Å²) in [6.45, 7) is 8.25. The van der Waals surface area contributed by atoms with Crippen molar-refractivity contribution in [3.05, 3.63) is 61.2 Å². The van der Waals surface area contributed by atoms with Crippen molar-refractivity contribution >= 4 is 44.4 Å². The Morgan fingerprint density at radius 3 is 1.52 bits per heavy atom. The first-order valence-electron chi connectivity index (χ1n) is 14.9. The second-order valence-corrected chi connectivity index (χ2v) is 14.6. The molecule has 12 heteroatoms. The molecule has 0 amide bonds. The van der Waals surface area contributed by atoms with Gasteiger partial charge >= 0.3 is 0 Å². The smallest absolute Gasteiger partial charge is 0.263 e. The number of hydrogen-bond acceptors (Lipinski definition) is 9. The lowest BCUT2D eigenvalue weighted by Crippen LogP contribution is -2.62.